The Kier molecular flexibility index (Phi) is 44.9. The van der Waals surface area contributed by atoms with Gasteiger partial charge in [0.2, 0.25) is 0 Å². The first-order valence-corrected chi connectivity index (χ1v) is 9.02. The van der Waals surface area contributed by atoms with E-state index in [1.54, 1.807) is 13.8 Å². The average Bonchev–Trinajstić information content (AvgIpc) is 2.60. The van der Waals surface area contributed by atoms with E-state index >= 15 is 0 Å². The number of methoxy groups -OCH3 is 1. The maximum absolute atomic E-state index is 10.7. The second kappa shape index (κ2) is 29.1. The summed E-state index contributed by atoms with van der Waals surface area (Å²) in [6.45, 7) is 24.9. The van der Waals surface area contributed by atoms with E-state index in [0.717, 1.165) is 16.7 Å². The van der Waals surface area contributed by atoms with Crippen LogP contribution in [-0.4, -0.2) is 18.9 Å². The van der Waals surface area contributed by atoms with Gasteiger partial charge in [0.1, 0.15) is 0 Å². The molecule has 3 nitrogen and oxygen atoms in total. The SMILES string of the molecule is C.C.C.CC#CC.CC(=O)C(C)=C(C)C.CC(C)=C(C)C.COC(=O)C(C)=C(C)C. The highest BCUT2D eigenvalue weighted by Gasteiger charge is 2.02. The molecule has 0 saturated heterocycles. The lowest BCUT2D eigenvalue weighted by Gasteiger charge is -1.98. The number of Topliss-reactive ketones (excluding diaryl/α,β-unsaturated/α-hetero) is 1. The molecule has 0 spiro atoms. The topological polar surface area (TPSA) is 43.4 Å². The van der Waals surface area contributed by atoms with Crippen LogP contribution in [0, 0.1) is 11.8 Å². The molecule has 30 heavy (non-hydrogen) atoms. The molecule has 0 aromatic rings. The van der Waals surface area contributed by atoms with Gasteiger partial charge in [0.25, 0.3) is 0 Å². The first-order chi connectivity index (χ1) is 12.2. The number of esters is 1. The number of hydrogen-bond donors (Lipinski definition) is 0. The molecule has 3 heteroatoms. The summed E-state index contributed by atoms with van der Waals surface area (Å²) in [6, 6.07) is 0. The maximum atomic E-state index is 10.7. The highest BCUT2D eigenvalue weighted by molar-refractivity contribution is 5.93. The molecule has 180 valence electrons. The molecule has 0 aromatic heterocycles. The lowest BCUT2D eigenvalue weighted by atomic mass is 10.1. The van der Waals surface area contributed by atoms with Crippen molar-refractivity contribution in [2.24, 2.45) is 0 Å². The Hall–Kier alpha value is -2.08. The summed E-state index contributed by atoms with van der Waals surface area (Å²) in [5.41, 5.74) is 6.53. The highest BCUT2D eigenvalue weighted by atomic mass is 16.5. The Morgan fingerprint density at radius 2 is 0.800 bits per heavy atom. The smallest absolute Gasteiger partial charge is 0.333 e. The molecule has 0 N–H and O–H groups in total. The zero-order valence-electron chi connectivity index (χ0n) is 20.2. The minimum Gasteiger partial charge on any atom is -0.466 e. The first kappa shape index (κ1) is 46.2. The van der Waals surface area contributed by atoms with E-state index in [2.05, 4.69) is 44.3 Å². The van der Waals surface area contributed by atoms with Crippen LogP contribution in [0.1, 0.15) is 112 Å². The average molecular weight is 427 g/mol. The molecule has 0 aliphatic heterocycles. The normalized spacial score (nSPS) is 6.87. The third-order valence-corrected chi connectivity index (χ3v) is 3.77. The molecule has 0 aromatic carbocycles. The van der Waals surface area contributed by atoms with E-state index < -0.39 is 0 Å². The van der Waals surface area contributed by atoms with Crippen LogP contribution in [0.25, 0.3) is 0 Å². The third-order valence-electron chi connectivity index (χ3n) is 3.77. The second-order valence-electron chi connectivity index (χ2n) is 6.80. The number of carbonyl (C=O) groups excluding carboxylic acids is 2. The fourth-order valence-corrected chi connectivity index (χ4v) is 0.709. The molecule has 0 aliphatic rings. The van der Waals surface area contributed by atoms with E-state index in [1.807, 2.05) is 48.5 Å². The summed E-state index contributed by atoms with van der Waals surface area (Å²) < 4.78 is 4.48. The summed E-state index contributed by atoms with van der Waals surface area (Å²) in [4.78, 5) is 21.2. The van der Waals surface area contributed by atoms with Gasteiger partial charge in [-0.05, 0) is 95.6 Å². The van der Waals surface area contributed by atoms with Crippen LogP contribution in [0.15, 0.2) is 33.4 Å². The van der Waals surface area contributed by atoms with Crippen molar-refractivity contribution in [3.63, 3.8) is 0 Å². The van der Waals surface area contributed by atoms with Crippen molar-refractivity contribution in [2.75, 3.05) is 7.11 Å². The number of allylic oxidation sites excluding steroid dienone is 5. The lowest BCUT2D eigenvalue weighted by molar-refractivity contribution is -0.136. The van der Waals surface area contributed by atoms with Gasteiger partial charge in [0.15, 0.2) is 5.78 Å². The van der Waals surface area contributed by atoms with Crippen LogP contribution in [0.2, 0.25) is 0 Å². The Morgan fingerprint density at radius 3 is 0.833 bits per heavy atom. The van der Waals surface area contributed by atoms with Gasteiger partial charge >= 0.3 is 5.97 Å². The molecule has 0 heterocycles. The van der Waals surface area contributed by atoms with E-state index in [1.165, 1.54) is 18.3 Å². The van der Waals surface area contributed by atoms with Crippen LogP contribution in [0.4, 0.5) is 0 Å². The van der Waals surface area contributed by atoms with Crippen molar-refractivity contribution in [1.29, 1.82) is 0 Å². The highest BCUT2D eigenvalue weighted by Crippen LogP contribution is 2.02. The molecule has 0 rings (SSSR count). The fraction of sp³-hybridized carbons (Fsp3) is 0.630. The van der Waals surface area contributed by atoms with Gasteiger partial charge in [0.05, 0.1) is 7.11 Å². The van der Waals surface area contributed by atoms with Crippen LogP contribution in [0.5, 0.6) is 0 Å². The molecule has 0 fully saturated rings. The van der Waals surface area contributed by atoms with Crippen molar-refractivity contribution >= 4 is 11.8 Å². The second-order valence-corrected chi connectivity index (χ2v) is 6.80. The van der Waals surface area contributed by atoms with E-state index in [9.17, 15) is 9.59 Å². The monoisotopic (exact) mass is 426 g/mol. The van der Waals surface area contributed by atoms with Gasteiger partial charge in [-0.1, -0.05) is 44.6 Å². The van der Waals surface area contributed by atoms with Gasteiger partial charge in [-0.3, -0.25) is 4.79 Å². The van der Waals surface area contributed by atoms with Crippen molar-refractivity contribution in [1.82, 2.24) is 0 Å². The minimum absolute atomic E-state index is 0. The molecule has 0 unspecified atom stereocenters. The summed E-state index contributed by atoms with van der Waals surface area (Å²) in [5, 5.41) is 0. The van der Waals surface area contributed by atoms with Crippen molar-refractivity contribution < 1.29 is 14.3 Å². The summed E-state index contributed by atoms with van der Waals surface area (Å²) in [7, 11) is 1.38. The molecular weight excluding hydrogens is 372 g/mol. The zero-order chi connectivity index (χ0) is 22.7. The number of rotatable bonds is 2. The Bertz CT molecular complexity index is 572. The molecule has 0 bridgehead atoms. The number of carbonyl (C=O) groups is 2. The molecular formula is C27H54O3. The van der Waals surface area contributed by atoms with E-state index in [4.69, 9.17) is 0 Å². The van der Waals surface area contributed by atoms with Gasteiger partial charge in [0, 0.05) is 5.57 Å². The first-order valence-electron chi connectivity index (χ1n) is 9.02. The fourth-order valence-electron chi connectivity index (χ4n) is 0.709. The van der Waals surface area contributed by atoms with E-state index in [-0.39, 0.29) is 34.0 Å². The van der Waals surface area contributed by atoms with Gasteiger partial charge < -0.3 is 4.74 Å². The van der Waals surface area contributed by atoms with Gasteiger partial charge in [-0.25, -0.2) is 4.79 Å². The summed E-state index contributed by atoms with van der Waals surface area (Å²) in [6.07, 6.45) is 0. The summed E-state index contributed by atoms with van der Waals surface area (Å²) in [5.74, 6) is 5.29. The zero-order valence-corrected chi connectivity index (χ0v) is 20.2. The quantitative estimate of drug-likeness (QED) is 0.192. The Labute approximate surface area is 191 Å². The van der Waals surface area contributed by atoms with E-state index in [0.29, 0.717) is 5.57 Å². The van der Waals surface area contributed by atoms with Gasteiger partial charge in [-0.2, -0.15) is 0 Å². The Balaban J connectivity index is -0.0000000471. The number of ether oxygens (including phenoxy) is 1. The molecule has 0 aliphatic carbocycles. The largest absolute Gasteiger partial charge is 0.466 e. The standard InChI is InChI=1S/C7H12O2.C7H12O.C6H12.C4H6.3CH4/c1-5(2)6(3)7(8)9-4;1-5(2)6(3)7(4)8;1-5(2)6(3)4;1-3-4-2;;;/h1-4H3;1-4H3;1-4H3;1-2H3;3*1H4. The van der Waals surface area contributed by atoms with Crippen LogP contribution in [-0.2, 0) is 14.3 Å². The molecule has 0 radical (unpaired) electrons. The van der Waals surface area contributed by atoms with Crippen LogP contribution >= 0.6 is 0 Å². The number of hydrogen-bond acceptors (Lipinski definition) is 3. The third kappa shape index (κ3) is 36.8. The minimum atomic E-state index is -0.241. The Morgan fingerprint density at radius 1 is 0.533 bits per heavy atom. The molecule has 0 amide bonds. The van der Waals surface area contributed by atoms with Crippen LogP contribution in [0.3, 0.4) is 0 Å². The lowest BCUT2D eigenvalue weighted by Crippen LogP contribution is -2.02. The molecule has 0 saturated carbocycles. The van der Waals surface area contributed by atoms with Crippen molar-refractivity contribution in [3.8, 4) is 11.8 Å². The van der Waals surface area contributed by atoms with Crippen molar-refractivity contribution in [2.45, 2.75) is 112 Å². The van der Waals surface area contributed by atoms with Crippen LogP contribution < -0.4 is 0 Å². The molecule has 0 atom stereocenters. The predicted molar refractivity (Wildman–Crippen MR) is 140 cm³/mol. The number of ketones is 1. The maximum Gasteiger partial charge on any atom is 0.333 e. The summed E-state index contributed by atoms with van der Waals surface area (Å²) >= 11 is 0. The predicted octanol–water partition coefficient (Wildman–Crippen LogP) is 8.75. The van der Waals surface area contributed by atoms with Crippen molar-refractivity contribution in [3.05, 3.63) is 33.4 Å². The van der Waals surface area contributed by atoms with Gasteiger partial charge in [-0.15, -0.1) is 11.8 Å².